The number of hydrogen-bond donors (Lipinski definition) is 0. The molecule has 0 radical (unpaired) electrons. The van der Waals surface area contributed by atoms with Gasteiger partial charge in [0, 0.05) is 35.9 Å². The van der Waals surface area contributed by atoms with Crippen molar-refractivity contribution in [2.45, 2.75) is 72.3 Å². The Kier molecular flexibility index (Phi) is 8.10. The van der Waals surface area contributed by atoms with Crippen molar-refractivity contribution < 1.29 is 23.5 Å². The lowest BCUT2D eigenvalue weighted by molar-refractivity contribution is -0.151. The first-order valence-electron chi connectivity index (χ1n) is 13.3. The summed E-state index contributed by atoms with van der Waals surface area (Å²) in [5.74, 6) is 0.928. The molecule has 1 saturated carbocycles. The monoisotopic (exact) mass is 509 g/mol. The van der Waals surface area contributed by atoms with Gasteiger partial charge >= 0.3 is 11.6 Å². The van der Waals surface area contributed by atoms with Gasteiger partial charge in [0.05, 0.1) is 13.7 Å². The van der Waals surface area contributed by atoms with Gasteiger partial charge in [-0.05, 0) is 76.0 Å². The van der Waals surface area contributed by atoms with Crippen LogP contribution in [0.1, 0.15) is 66.2 Å². The van der Waals surface area contributed by atoms with E-state index >= 15 is 0 Å². The zero-order valence-electron chi connectivity index (χ0n) is 22.7. The molecule has 0 spiro atoms. The Hall–Kier alpha value is -3.09. The van der Waals surface area contributed by atoms with E-state index in [1.54, 1.807) is 17.0 Å². The molecule has 200 valence electrons. The Morgan fingerprint density at radius 1 is 1.16 bits per heavy atom. The van der Waals surface area contributed by atoms with Crippen molar-refractivity contribution in [1.82, 2.24) is 4.90 Å². The minimum absolute atomic E-state index is 0.0204. The van der Waals surface area contributed by atoms with E-state index in [1.165, 1.54) is 24.3 Å². The second-order valence-electron chi connectivity index (χ2n) is 11.1. The number of nitrogens with zero attached hydrogens (tertiary/aromatic N) is 1. The van der Waals surface area contributed by atoms with Crippen molar-refractivity contribution in [1.29, 1.82) is 0 Å². The number of esters is 1. The summed E-state index contributed by atoms with van der Waals surface area (Å²) in [6, 6.07) is 8.26. The van der Waals surface area contributed by atoms with Crippen LogP contribution in [0.2, 0.25) is 0 Å². The second kappa shape index (κ2) is 11.1. The SMILES string of the molecule is COC(=O)[C@@H]1CCCN1C(=O)CC[C@H]1C(=C(C)C)CC[C@H](C)[C@]1(C)COc1ccc2ccc(=O)oc2c1. The van der Waals surface area contributed by atoms with Crippen molar-refractivity contribution in [3.05, 3.63) is 51.9 Å². The van der Waals surface area contributed by atoms with Crippen LogP contribution in [0.5, 0.6) is 5.75 Å². The largest absolute Gasteiger partial charge is 0.493 e. The summed E-state index contributed by atoms with van der Waals surface area (Å²) in [5, 5.41) is 0.847. The Morgan fingerprint density at radius 3 is 2.65 bits per heavy atom. The molecule has 2 aliphatic rings. The van der Waals surface area contributed by atoms with E-state index in [0.717, 1.165) is 24.6 Å². The maximum Gasteiger partial charge on any atom is 0.336 e. The average Bonchev–Trinajstić information content (AvgIpc) is 3.37. The third-order valence-electron chi connectivity index (χ3n) is 8.67. The Labute approximate surface area is 218 Å². The summed E-state index contributed by atoms with van der Waals surface area (Å²) in [5.41, 5.74) is 2.64. The summed E-state index contributed by atoms with van der Waals surface area (Å²) in [4.78, 5) is 38.8. The number of allylic oxidation sites excluding steroid dienone is 2. The molecule has 4 atom stereocenters. The molecule has 1 saturated heterocycles. The first-order chi connectivity index (χ1) is 17.6. The predicted molar refractivity (Wildman–Crippen MR) is 142 cm³/mol. The van der Waals surface area contributed by atoms with E-state index in [4.69, 9.17) is 13.9 Å². The van der Waals surface area contributed by atoms with Crippen LogP contribution in [-0.2, 0) is 14.3 Å². The van der Waals surface area contributed by atoms with Crippen molar-refractivity contribution >= 4 is 22.8 Å². The molecule has 4 rings (SSSR count). The topological polar surface area (TPSA) is 86.0 Å². The van der Waals surface area contributed by atoms with Gasteiger partial charge < -0.3 is 18.8 Å². The Balaban J connectivity index is 1.53. The van der Waals surface area contributed by atoms with Gasteiger partial charge in [0.15, 0.2) is 0 Å². The first kappa shape index (κ1) is 27.0. The molecule has 1 amide bonds. The molecule has 1 aromatic heterocycles. The van der Waals surface area contributed by atoms with Crippen LogP contribution >= 0.6 is 0 Å². The summed E-state index contributed by atoms with van der Waals surface area (Å²) in [7, 11) is 1.38. The number of ether oxygens (including phenoxy) is 2. The second-order valence-corrected chi connectivity index (χ2v) is 11.1. The van der Waals surface area contributed by atoms with Crippen LogP contribution in [0.4, 0.5) is 0 Å². The number of benzene rings is 1. The molecular weight excluding hydrogens is 470 g/mol. The van der Waals surface area contributed by atoms with Crippen molar-refractivity contribution in [3.63, 3.8) is 0 Å². The summed E-state index contributed by atoms with van der Waals surface area (Å²) < 4.78 is 16.6. The summed E-state index contributed by atoms with van der Waals surface area (Å²) in [6.45, 7) is 9.94. The van der Waals surface area contributed by atoms with Gasteiger partial charge in [0.25, 0.3) is 0 Å². The molecule has 1 aliphatic carbocycles. The van der Waals surface area contributed by atoms with Gasteiger partial charge in [-0.3, -0.25) is 4.79 Å². The summed E-state index contributed by atoms with van der Waals surface area (Å²) in [6.07, 6.45) is 4.67. The van der Waals surface area contributed by atoms with Gasteiger partial charge in [-0.25, -0.2) is 9.59 Å². The zero-order chi connectivity index (χ0) is 26.7. The van der Waals surface area contributed by atoms with Crippen LogP contribution in [0, 0.1) is 17.3 Å². The minimum Gasteiger partial charge on any atom is -0.493 e. The van der Waals surface area contributed by atoms with Gasteiger partial charge in [0.2, 0.25) is 5.91 Å². The van der Waals surface area contributed by atoms with Crippen molar-refractivity contribution in [3.8, 4) is 5.75 Å². The highest BCUT2D eigenvalue weighted by Crippen LogP contribution is 2.51. The molecule has 7 heteroatoms. The predicted octanol–water partition coefficient (Wildman–Crippen LogP) is 5.50. The molecule has 2 aromatic rings. The number of methoxy groups -OCH3 is 1. The van der Waals surface area contributed by atoms with Crippen LogP contribution in [-0.4, -0.2) is 43.1 Å². The summed E-state index contributed by atoms with van der Waals surface area (Å²) >= 11 is 0. The number of likely N-dealkylation sites (tertiary alicyclic amines) is 1. The Morgan fingerprint density at radius 2 is 1.92 bits per heavy atom. The fourth-order valence-corrected chi connectivity index (χ4v) is 6.19. The number of amides is 1. The molecule has 37 heavy (non-hydrogen) atoms. The lowest BCUT2D eigenvalue weighted by Crippen LogP contribution is -2.45. The van der Waals surface area contributed by atoms with Crippen LogP contribution in [0.15, 0.2) is 50.7 Å². The molecule has 2 heterocycles. The van der Waals surface area contributed by atoms with Crippen LogP contribution < -0.4 is 10.4 Å². The Bertz CT molecular complexity index is 1240. The lowest BCUT2D eigenvalue weighted by Gasteiger charge is -2.48. The minimum atomic E-state index is -0.464. The average molecular weight is 510 g/mol. The quantitative estimate of drug-likeness (QED) is 0.278. The molecule has 2 fully saturated rings. The van der Waals surface area contributed by atoms with Gasteiger partial charge in [-0.15, -0.1) is 0 Å². The molecule has 7 nitrogen and oxygen atoms in total. The number of carbonyl (C=O) groups excluding carboxylic acids is 2. The third kappa shape index (κ3) is 5.60. The molecule has 1 aromatic carbocycles. The maximum absolute atomic E-state index is 13.3. The van der Waals surface area contributed by atoms with Gasteiger partial charge in [0.1, 0.15) is 17.4 Å². The van der Waals surface area contributed by atoms with Crippen LogP contribution in [0.3, 0.4) is 0 Å². The fourth-order valence-electron chi connectivity index (χ4n) is 6.19. The lowest BCUT2D eigenvalue weighted by atomic mass is 9.58. The molecule has 0 bridgehead atoms. The van der Waals surface area contributed by atoms with E-state index in [0.29, 0.717) is 49.7 Å². The number of carbonyl (C=O) groups is 2. The fraction of sp³-hybridized carbons (Fsp3) is 0.567. The number of fused-ring (bicyclic) bond motifs is 1. The van der Waals surface area contributed by atoms with E-state index in [9.17, 15) is 14.4 Å². The molecule has 0 unspecified atom stereocenters. The normalized spacial score (nSPS) is 25.8. The van der Waals surface area contributed by atoms with E-state index < -0.39 is 6.04 Å². The molecule has 1 aliphatic heterocycles. The van der Waals surface area contributed by atoms with E-state index in [2.05, 4.69) is 27.7 Å². The zero-order valence-corrected chi connectivity index (χ0v) is 22.7. The smallest absolute Gasteiger partial charge is 0.336 e. The van der Waals surface area contributed by atoms with Crippen molar-refractivity contribution in [2.75, 3.05) is 20.3 Å². The molecular formula is C30H39NO6. The van der Waals surface area contributed by atoms with Gasteiger partial charge in [-0.2, -0.15) is 0 Å². The third-order valence-corrected chi connectivity index (χ3v) is 8.67. The standard InChI is InChI=1S/C30H39NO6/c1-19(2)23-12-8-20(3)30(4,18-36-22-11-9-21-10-15-28(33)37-26(21)17-22)24(23)13-14-27(32)31-16-6-7-25(31)29(34)35-5/h9-11,15,17,20,24-25H,6-8,12-14,16,18H2,1-5H3/t20-,24-,25-,30-/m0/s1. The number of rotatable bonds is 7. The van der Waals surface area contributed by atoms with Gasteiger partial charge in [-0.1, -0.05) is 25.0 Å². The highest BCUT2D eigenvalue weighted by Gasteiger charge is 2.45. The number of hydrogen-bond acceptors (Lipinski definition) is 6. The highest BCUT2D eigenvalue weighted by molar-refractivity contribution is 5.85. The molecule has 0 N–H and O–H groups in total. The highest BCUT2D eigenvalue weighted by atomic mass is 16.5. The van der Waals surface area contributed by atoms with E-state index in [-0.39, 0.29) is 28.8 Å². The first-order valence-corrected chi connectivity index (χ1v) is 13.3. The van der Waals surface area contributed by atoms with E-state index in [1.807, 2.05) is 12.1 Å². The van der Waals surface area contributed by atoms with Crippen LogP contribution in [0.25, 0.3) is 11.0 Å². The maximum atomic E-state index is 13.3. The van der Waals surface area contributed by atoms with Crippen molar-refractivity contribution in [2.24, 2.45) is 17.3 Å².